The largest absolute Gasteiger partial charge is 0.418 e. The number of hydrogen-bond acceptors (Lipinski definition) is 1. The van der Waals surface area contributed by atoms with Crippen molar-refractivity contribution in [3.8, 4) is 0 Å². The molecular weight excluding hydrogens is 362 g/mol. The zero-order valence-electron chi connectivity index (χ0n) is 11.4. The van der Waals surface area contributed by atoms with Crippen LogP contribution < -0.4 is 4.90 Å². The number of nitrogens with zero attached hydrogens (tertiary/aromatic N) is 1. The van der Waals surface area contributed by atoms with Gasteiger partial charge >= 0.3 is 6.18 Å². The first-order valence-electron chi connectivity index (χ1n) is 6.74. The Morgan fingerprint density at radius 3 is 2.59 bits per heavy atom. The molecule has 0 atom stereocenters. The van der Waals surface area contributed by atoms with E-state index in [0.717, 1.165) is 6.07 Å². The highest BCUT2D eigenvalue weighted by molar-refractivity contribution is 9.10. The summed E-state index contributed by atoms with van der Waals surface area (Å²) in [5.74, 6) is -0.424. The summed E-state index contributed by atoms with van der Waals surface area (Å²) < 4.78 is 54.1. The molecule has 0 radical (unpaired) electrons. The third-order valence-corrected chi connectivity index (χ3v) is 4.26. The zero-order chi connectivity index (χ0) is 15.9. The number of para-hydroxylation sites is 1. The zero-order valence-corrected chi connectivity index (χ0v) is 13.0. The Labute approximate surface area is 133 Å². The SMILES string of the molecule is Fc1cc(Br)ccc1CN1CCc2cccc(C(F)(F)F)c21. The van der Waals surface area contributed by atoms with E-state index >= 15 is 0 Å². The van der Waals surface area contributed by atoms with Crippen molar-refractivity contribution in [1.29, 1.82) is 0 Å². The molecular formula is C16H12BrF4N. The standard InChI is InChI=1S/C16H12BrF4N/c17-12-5-4-11(14(18)8-12)9-22-7-6-10-2-1-3-13(15(10)22)16(19,20)21/h1-5,8H,6-7,9H2. The Morgan fingerprint density at radius 1 is 1.14 bits per heavy atom. The average molecular weight is 374 g/mol. The third kappa shape index (κ3) is 2.84. The number of alkyl halides is 3. The quantitative estimate of drug-likeness (QED) is 0.656. The van der Waals surface area contributed by atoms with Crippen LogP contribution in [0.1, 0.15) is 16.7 Å². The van der Waals surface area contributed by atoms with Crippen LogP contribution in [-0.4, -0.2) is 6.54 Å². The van der Waals surface area contributed by atoms with Crippen molar-refractivity contribution in [2.45, 2.75) is 19.1 Å². The van der Waals surface area contributed by atoms with Crippen LogP contribution in [0.4, 0.5) is 23.2 Å². The summed E-state index contributed by atoms with van der Waals surface area (Å²) in [7, 11) is 0. The fourth-order valence-electron chi connectivity index (χ4n) is 2.78. The first-order valence-corrected chi connectivity index (χ1v) is 7.53. The highest BCUT2D eigenvalue weighted by atomic mass is 79.9. The Kier molecular flexibility index (Phi) is 3.89. The number of anilines is 1. The summed E-state index contributed by atoms with van der Waals surface area (Å²) in [6.45, 7) is 0.580. The van der Waals surface area contributed by atoms with Crippen molar-refractivity contribution in [2.75, 3.05) is 11.4 Å². The Morgan fingerprint density at radius 2 is 1.91 bits per heavy atom. The fourth-order valence-corrected chi connectivity index (χ4v) is 3.11. The predicted molar refractivity (Wildman–Crippen MR) is 80.3 cm³/mol. The molecule has 0 aromatic heterocycles. The molecule has 0 aliphatic carbocycles. The van der Waals surface area contributed by atoms with Gasteiger partial charge in [-0.15, -0.1) is 0 Å². The molecule has 6 heteroatoms. The van der Waals surface area contributed by atoms with E-state index < -0.39 is 17.6 Å². The van der Waals surface area contributed by atoms with Crippen LogP contribution in [0.15, 0.2) is 40.9 Å². The maximum absolute atomic E-state index is 13.9. The summed E-state index contributed by atoms with van der Waals surface area (Å²) in [6.07, 6.45) is -3.87. The lowest BCUT2D eigenvalue weighted by Gasteiger charge is -2.23. The van der Waals surface area contributed by atoms with Crippen molar-refractivity contribution < 1.29 is 17.6 Å². The van der Waals surface area contributed by atoms with Gasteiger partial charge in [0.2, 0.25) is 0 Å². The summed E-state index contributed by atoms with van der Waals surface area (Å²) >= 11 is 3.17. The lowest BCUT2D eigenvalue weighted by Crippen LogP contribution is -2.23. The molecule has 2 aromatic rings. The maximum Gasteiger partial charge on any atom is 0.418 e. The summed E-state index contributed by atoms with van der Waals surface area (Å²) in [5.41, 5.74) is 0.567. The molecule has 1 aliphatic heterocycles. The van der Waals surface area contributed by atoms with Gasteiger partial charge in [0.15, 0.2) is 0 Å². The Balaban J connectivity index is 1.97. The molecule has 0 saturated carbocycles. The van der Waals surface area contributed by atoms with Crippen LogP contribution in [0.25, 0.3) is 0 Å². The van der Waals surface area contributed by atoms with E-state index in [1.54, 1.807) is 23.1 Å². The minimum absolute atomic E-state index is 0.124. The maximum atomic E-state index is 13.9. The van der Waals surface area contributed by atoms with Crippen LogP contribution in [0.2, 0.25) is 0 Å². The molecule has 0 bridgehead atoms. The van der Waals surface area contributed by atoms with Gasteiger partial charge in [-0.2, -0.15) is 13.2 Å². The van der Waals surface area contributed by atoms with Crippen molar-refractivity contribution in [3.05, 3.63) is 63.4 Å². The van der Waals surface area contributed by atoms with Crippen LogP contribution in [0.3, 0.4) is 0 Å². The molecule has 0 amide bonds. The topological polar surface area (TPSA) is 3.24 Å². The van der Waals surface area contributed by atoms with Crippen molar-refractivity contribution >= 4 is 21.6 Å². The molecule has 3 rings (SSSR count). The van der Waals surface area contributed by atoms with E-state index in [1.807, 2.05) is 0 Å². The number of benzene rings is 2. The average Bonchev–Trinajstić information content (AvgIpc) is 2.84. The molecule has 2 aromatic carbocycles. The van der Waals surface area contributed by atoms with E-state index in [1.165, 1.54) is 12.1 Å². The van der Waals surface area contributed by atoms with Crippen molar-refractivity contribution in [2.24, 2.45) is 0 Å². The van der Waals surface area contributed by atoms with E-state index in [9.17, 15) is 17.6 Å². The molecule has 0 N–H and O–H groups in total. The second-order valence-corrected chi connectivity index (χ2v) is 6.13. The van der Waals surface area contributed by atoms with Gasteiger partial charge in [-0.25, -0.2) is 4.39 Å². The summed E-state index contributed by atoms with van der Waals surface area (Å²) in [5, 5.41) is 0. The monoisotopic (exact) mass is 373 g/mol. The van der Waals surface area contributed by atoms with Crippen LogP contribution in [0.5, 0.6) is 0 Å². The molecule has 0 unspecified atom stereocenters. The molecule has 0 saturated heterocycles. The smallest absolute Gasteiger partial charge is 0.366 e. The number of halogens is 5. The van der Waals surface area contributed by atoms with Crippen LogP contribution in [0, 0.1) is 5.82 Å². The number of rotatable bonds is 2. The molecule has 1 heterocycles. The third-order valence-electron chi connectivity index (χ3n) is 3.77. The number of hydrogen-bond donors (Lipinski definition) is 0. The van der Waals surface area contributed by atoms with E-state index in [2.05, 4.69) is 15.9 Å². The van der Waals surface area contributed by atoms with Gasteiger partial charge in [-0.1, -0.05) is 34.1 Å². The highest BCUT2D eigenvalue weighted by Gasteiger charge is 2.37. The molecule has 1 aliphatic rings. The molecule has 1 nitrogen and oxygen atoms in total. The molecule has 0 fully saturated rings. The van der Waals surface area contributed by atoms with Gasteiger partial charge < -0.3 is 4.90 Å². The fraction of sp³-hybridized carbons (Fsp3) is 0.250. The highest BCUT2D eigenvalue weighted by Crippen LogP contribution is 2.42. The van der Waals surface area contributed by atoms with Crippen LogP contribution >= 0.6 is 15.9 Å². The minimum Gasteiger partial charge on any atom is -0.366 e. The van der Waals surface area contributed by atoms with Crippen molar-refractivity contribution in [3.63, 3.8) is 0 Å². The van der Waals surface area contributed by atoms with Crippen molar-refractivity contribution in [1.82, 2.24) is 0 Å². The second kappa shape index (κ2) is 5.57. The molecule has 0 spiro atoms. The minimum atomic E-state index is -4.41. The van der Waals surface area contributed by atoms with Gasteiger partial charge in [0.25, 0.3) is 0 Å². The van der Waals surface area contributed by atoms with Crippen LogP contribution in [-0.2, 0) is 19.1 Å². The van der Waals surface area contributed by atoms with Gasteiger partial charge in [-0.05, 0) is 30.2 Å². The Bertz CT molecular complexity index is 712. The lowest BCUT2D eigenvalue weighted by molar-refractivity contribution is -0.137. The van der Waals surface area contributed by atoms with E-state index in [-0.39, 0.29) is 12.2 Å². The van der Waals surface area contributed by atoms with Gasteiger partial charge in [0.05, 0.1) is 11.3 Å². The van der Waals surface area contributed by atoms with E-state index in [0.29, 0.717) is 28.6 Å². The Hall–Kier alpha value is -1.56. The lowest BCUT2D eigenvalue weighted by atomic mass is 10.1. The second-order valence-electron chi connectivity index (χ2n) is 5.22. The van der Waals surface area contributed by atoms with Gasteiger partial charge in [0, 0.05) is 23.1 Å². The summed E-state index contributed by atoms with van der Waals surface area (Å²) in [4.78, 5) is 1.60. The first kappa shape index (κ1) is 15.3. The predicted octanol–water partition coefficient (Wildman–Crippen LogP) is 5.17. The van der Waals surface area contributed by atoms with Gasteiger partial charge in [-0.3, -0.25) is 0 Å². The van der Waals surface area contributed by atoms with Gasteiger partial charge in [0.1, 0.15) is 5.82 Å². The van der Waals surface area contributed by atoms with E-state index in [4.69, 9.17) is 0 Å². The summed E-state index contributed by atoms with van der Waals surface area (Å²) in [6, 6.07) is 8.80. The number of fused-ring (bicyclic) bond motifs is 1. The molecule has 22 heavy (non-hydrogen) atoms. The first-order chi connectivity index (χ1) is 10.4. The normalized spacial score (nSPS) is 14.3. The molecule has 116 valence electrons.